The molecule has 1 aromatic carbocycles. The fourth-order valence-corrected chi connectivity index (χ4v) is 0.973. The highest BCUT2D eigenvalue weighted by Crippen LogP contribution is 2.18. The van der Waals surface area contributed by atoms with Crippen LogP contribution < -0.4 is 0 Å². The van der Waals surface area contributed by atoms with Crippen LogP contribution in [0.25, 0.3) is 0 Å². The van der Waals surface area contributed by atoms with Crippen LogP contribution in [-0.2, 0) is 0 Å². The van der Waals surface area contributed by atoms with E-state index in [9.17, 15) is 5.11 Å². The first-order chi connectivity index (χ1) is 6.25. The van der Waals surface area contributed by atoms with Gasteiger partial charge in [-0.2, -0.15) is 0 Å². The average Bonchev–Trinajstić information content (AvgIpc) is 2.13. The van der Waals surface area contributed by atoms with Gasteiger partial charge in [0.15, 0.2) is 0 Å². The van der Waals surface area contributed by atoms with Gasteiger partial charge in [-0.25, -0.2) is 0 Å². The van der Waals surface area contributed by atoms with Crippen LogP contribution in [0, 0.1) is 18.8 Å². The van der Waals surface area contributed by atoms with Crippen molar-refractivity contribution < 1.29 is 10.2 Å². The minimum absolute atomic E-state index is 0.0743. The number of hydrogen-bond acceptors (Lipinski definition) is 2. The SMILES string of the molecule is Cc1c(O)cccc1C#CCCO. The number of aromatic hydroxyl groups is 1. The standard InChI is InChI=1S/C11H12O2/c1-9-10(5-2-3-8-12)6-4-7-11(9)13/h4,6-7,12-13H,3,8H2,1H3. The second kappa shape index (κ2) is 4.54. The Morgan fingerprint density at radius 1 is 1.38 bits per heavy atom. The Kier molecular flexibility index (Phi) is 3.36. The summed E-state index contributed by atoms with van der Waals surface area (Å²) < 4.78 is 0. The molecule has 0 unspecified atom stereocenters. The Hall–Kier alpha value is -1.46. The van der Waals surface area contributed by atoms with Crippen molar-refractivity contribution in [3.63, 3.8) is 0 Å². The quantitative estimate of drug-likeness (QED) is 0.635. The molecule has 2 N–H and O–H groups in total. The van der Waals surface area contributed by atoms with Gasteiger partial charge in [0.25, 0.3) is 0 Å². The molecule has 0 amide bonds. The van der Waals surface area contributed by atoms with Gasteiger partial charge in [0, 0.05) is 17.5 Å². The molecule has 13 heavy (non-hydrogen) atoms. The first kappa shape index (κ1) is 9.63. The summed E-state index contributed by atoms with van der Waals surface area (Å²) in [4.78, 5) is 0. The van der Waals surface area contributed by atoms with Crippen molar-refractivity contribution in [3.05, 3.63) is 29.3 Å². The monoisotopic (exact) mass is 176 g/mol. The van der Waals surface area contributed by atoms with Crippen LogP contribution in [0.1, 0.15) is 17.5 Å². The minimum Gasteiger partial charge on any atom is -0.508 e. The summed E-state index contributed by atoms with van der Waals surface area (Å²) in [5.41, 5.74) is 1.60. The molecule has 0 spiro atoms. The highest BCUT2D eigenvalue weighted by atomic mass is 16.3. The fraction of sp³-hybridized carbons (Fsp3) is 0.273. The van der Waals surface area contributed by atoms with E-state index in [2.05, 4.69) is 11.8 Å². The molecule has 0 aliphatic heterocycles. The molecular formula is C11H12O2. The zero-order chi connectivity index (χ0) is 9.68. The molecule has 0 aliphatic rings. The van der Waals surface area contributed by atoms with Crippen molar-refractivity contribution in [1.29, 1.82) is 0 Å². The van der Waals surface area contributed by atoms with Gasteiger partial charge in [0.2, 0.25) is 0 Å². The average molecular weight is 176 g/mol. The molecule has 0 atom stereocenters. The van der Waals surface area contributed by atoms with E-state index in [0.717, 1.165) is 11.1 Å². The third-order valence-electron chi connectivity index (χ3n) is 1.77. The van der Waals surface area contributed by atoms with Gasteiger partial charge >= 0.3 is 0 Å². The molecule has 0 radical (unpaired) electrons. The van der Waals surface area contributed by atoms with Gasteiger partial charge in [0.05, 0.1) is 6.61 Å². The number of rotatable bonds is 1. The maximum atomic E-state index is 9.34. The number of benzene rings is 1. The predicted molar refractivity (Wildman–Crippen MR) is 51.4 cm³/mol. The molecule has 0 aromatic heterocycles. The molecule has 1 aromatic rings. The second-order valence-electron chi connectivity index (χ2n) is 2.73. The topological polar surface area (TPSA) is 40.5 Å². The van der Waals surface area contributed by atoms with E-state index < -0.39 is 0 Å². The molecule has 0 saturated carbocycles. The number of aliphatic hydroxyl groups excluding tert-OH is 1. The predicted octanol–water partition coefficient (Wildman–Crippen LogP) is 1.43. The van der Waals surface area contributed by atoms with Crippen LogP contribution in [0.15, 0.2) is 18.2 Å². The summed E-state index contributed by atoms with van der Waals surface area (Å²) in [5.74, 6) is 5.95. The van der Waals surface area contributed by atoms with Crippen molar-refractivity contribution in [2.75, 3.05) is 6.61 Å². The Bertz CT molecular complexity index is 345. The molecule has 0 heterocycles. The van der Waals surface area contributed by atoms with Crippen LogP contribution in [0.3, 0.4) is 0 Å². The van der Waals surface area contributed by atoms with Gasteiger partial charge < -0.3 is 10.2 Å². The number of aliphatic hydroxyl groups is 1. The summed E-state index contributed by atoms with van der Waals surface area (Å²) in [7, 11) is 0. The summed E-state index contributed by atoms with van der Waals surface area (Å²) >= 11 is 0. The van der Waals surface area contributed by atoms with Crippen LogP contribution in [0.4, 0.5) is 0 Å². The van der Waals surface area contributed by atoms with Gasteiger partial charge in [-0.1, -0.05) is 17.9 Å². The summed E-state index contributed by atoms with van der Waals surface area (Å²) in [6.07, 6.45) is 0.467. The summed E-state index contributed by atoms with van der Waals surface area (Å²) in [5, 5.41) is 17.9. The number of phenolic OH excluding ortho intramolecular Hbond substituents is 1. The third kappa shape index (κ3) is 2.50. The van der Waals surface area contributed by atoms with Crippen molar-refractivity contribution >= 4 is 0 Å². The number of phenols is 1. The number of hydrogen-bond donors (Lipinski definition) is 2. The van der Waals surface area contributed by atoms with Crippen molar-refractivity contribution in [1.82, 2.24) is 0 Å². The lowest BCUT2D eigenvalue weighted by Crippen LogP contribution is -1.83. The Labute approximate surface area is 77.8 Å². The minimum atomic E-state index is 0.0743. The highest BCUT2D eigenvalue weighted by Gasteiger charge is 1.97. The second-order valence-corrected chi connectivity index (χ2v) is 2.73. The largest absolute Gasteiger partial charge is 0.508 e. The third-order valence-corrected chi connectivity index (χ3v) is 1.77. The van der Waals surface area contributed by atoms with Crippen molar-refractivity contribution in [2.45, 2.75) is 13.3 Å². The van der Waals surface area contributed by atoms with Crippen LogP contribution in [0.2, 0.25) is 0 Å². The molecule has 0 bridgehead atoms. The normalized spacial score (nSPS) is 9.08. The first-order valence-corrected chi connectivity index (χ1v) is 4.14. The lowest BCUT2D eigenvalue weighted by molar-refractivity contribution is 0.305. The van der Waals surface area contributed by atoms with Crippen LogP contribution in [0.5, 0.6) is 5.75 Å². The van der Waals surface area contributed by atoms with E-state index in [1.165, 1.54) is 0 Å². The Morgan fingerprint density at radius 3 is 2.85 bits per heavy atom. The van der Waals surface area contributed by atoms with Gasteiger partial charge in [-0.05, 0) is 19.1 Å². The lowest BCUT2D eigenvalue weighted by atomic mass is 10.1. The van der Waals surface area contributed by atoms with Crippen LogP contribution >= 0.6 is 0 Å². The molecule has 0 fully saturated rings. The molecule has 2 heteroatoms. The fourth-order valence-electron chi connectivity index (χ4n) is 0.973. The summed E-state index contributed by atoms with van der Waals surface area (Å²) in [6, 6.07) is 5.23. The molecule has 1 rings (SSSR count). The van der Waals surface area contributed by atoms with Gasteiger partial charge in [-0.15, -0.1) is 0 Å². The van der Waals surface area contributed by atoms with Gasteiger partial charge in [-0.3, -0.25) is 0 Å². The first-order valence-electron chi connectivity index (χ1n) is 4.14. The van der Waals surface area contributed by atoms with Crippen LogP contribution in [-0.4, -0.2) is 16.8 Å². The zero-order valence-electron chi connectivity index (χ0n) is 7.54. The maximum Gasteiger partial charge on any atom is 0.119 e. The van der Waals surface area contributed by atoms with Gasteiger partial charge in [0.1, 0.15) is 5.75 Å². The molecule has 0 aliphatic carbocycles. The molecule has 2 nitrogen and oxygen atoms in total. The highest BCUT2D eigenvalue weighted by molar-refractivity contribution is 5.47. The molecular weight excluding hydrogens is 164 g/mol. The Morgan fingerprint density at radius 2 is 2.15 bits per heavy atom. The zero-order valence-corrected chi connectivity index (χ0v) is 7.54. The maximum absolute atomic E-state index is 9.34. The summed E-state index contributed by atoms with van der Waals surface area (Å²) in [6.45, 7) is 1.89. The smallest absolute Gasteiger partial charge is 0.119 e. The van der Waals surface area contributed by atoms with E-state index in [4.69, 9.17) is 5.11 Å². The lowest BCUT2D eigenvalue weighted by Gasteiger charge is -1.99. The van der Waals surface area contributed by atoms with E-state index in [-0.39, 0.29) is 12.4 Å². The van der Waals surface area contributed by atoms with E-state index in [1.54, 1.807) is 12.1 Å². The van der Waals surface area contributed by atoms with E-state index in [0.29, 0.717) is 6.42 Å². The van der Waals surface area contributed by atoms with Crippen molar-refractivity contribution in [3.8, 4) is 17.6 Å². The molecule has 68 valence electrons. The van der Waals surface area contributed by atoms with Crippen molar-refractivity contribution in [2.24, 2.45) is 0 Å². The Balaban J connectivity index is 2.91. The van der Waals surface area contributed by atoms with E-state index >= 15 is 0 Å². The molecule has 0 saturated heterocycles. The van der Waals surface area contributed by atoms with E-state index in [1.807, 2.05) is 13.0 Å².